The van der Waals surface area contributed by atoms with Crippen molar-refractivity contribution in [2.45, 2.75) is 11.3 Å². The van der Waals surface area contributed by atoms with Crippen LogP contribution in [-0.2, 0) is 21.2 Å². The predicted molar refractivity (Wildman–Crippen MR) is 84.6 cm³/mol. The minimum atomic E-state index is -3.88. The molecule has 0 bridgehead atoms. The van der Waals surface area contributed by atoms with Gasteiger partial charge in [0.25, 0.3) is 10.0 Å². The van der Waals surface area contributed by atoms with E-state index in [1.807, 2.05) is 10.8 Å². The third-order valence-electron chi connectivity index (χ3n) is 2.63. The Bertz CT molecular complexity index is 760. The first-order valence-electron chi connectivity index (χ1n) is 5.92. The maximum atomic E-state index is 12.0. The van der Waals surface area contributed by atoms with Gasteiger partial charge in [0.2, 0.25) is 5.91 Å². The molecule has 21 heavy (non-hydrogen) atoms. The van der Waals surface area contributed by atoms with Crippen LogP contribution >= 0.6 is 27.5 Å². The third-order valence-corrected chi connectivity index (χ3v) is 4.76. The number of benzene rings is 2. The number of sulfonamides is 1. The lowest BCUT2D eigenvalue weighted by atomic mass is 10.1. The van der Waals surface area contributed by atoms with Crippen molar-refractivity contribution in [2.75, 3.05) is 0 Å². The molecule has 110 valence electrons. The fraction of sp³-hybridized carbons (Fsp3) is 0.0714. The summed E-state index contributed by atoms with van der Waals surface area (Å²) in [5.74, 6) is -0.594. The van der Waals surface area contributed by atoms with Gasteiger partial charge in [-0.15, -0.1) is 0 Å². The van der Waals surface area contributed by atoms with Gasteiger partial charge in [0.05, 0.1) is 11.3 Å². The second kappa shape index (κ2) is 6.60. The second-order valence-corrected chi connectivity index (χ2v) is 7.32. The Kier molecular flexibility index (Phi) is 5.03. The Morgan fingerprint density at radius 2 is 1.81 bits per heavy atom. The number of halogens is 2. The van der Waals surface area contributed by atoms with Crippen molar-refractivity contribution in [3.8, 4) is 0 Å². The van der Waals surface area contributed by atoms with Gasteiger partial charge in [-0.25, -0.2) is 13.1 Å². The van der Waals surface area contributed by atoms with Gasteiger partial charge in [-0.05, 0) is 42.0 Å². The van der Waals surface area contributed by atoms with Crippen LogP contribution in [0.3, 0.4) is 0 Å². The van der Waals surface area contributed by atoms with Crippen molar-refractivity contribution in [2.24, 2.45) is 0 Å². The zero-order valence-corrected chi connectivity index (χ0v) is 13.9. The zero-order valence-electron chi connectivity index (χ0n) is 10.7. The lowest BCUT2D eigenvalue weighted by molar-refractivity contribution is -0.118. The van der Waals surface area contributed by atoms with E-state index in [0.717, 1.165) is 4.47 Å². The van der Waals surface area contributed by atoms with E-state index in [1.54, 1.807) is 18.2 Å². The molecule has 0 aliphatic carbocycles. The maximum absolute atomic E-state index is 12.0. The Morgan fingerprint density at radius 1 is 1.14 bits per heavy atom. The summed E-state index contributed by atoms with van der Waals surface area (Å²) in [6.07, 6.45) is -0.0216. The summed E-state index contributed by atoms with van der Waals surface area (Å²) < 4.78 is 26.9. The monoisotopic (exact) mass is 387 g/mol. The maximum Gasteiger partial charge on any atom is 0.264 e. The minimum absolute atomic E-state index is 0.00510. The van der Waals surface area contributed by atoms with Gasteiger partial charge < -0.3 is 0 Å². The minimum Gasteiger partial charge on any atom is -0.274 e. The van der Waals surface area contributed by atoms with Gasteiger partial charge in [-0.3, -0.25) is 4.79 Å². The largest absolute Gasteiger partial charge is 0.274 e. The molecular weight excluding hydrogens is 378 g/mol. The molecule has 1 amide bonds. The van der Waals surface area contributed by atoms with Gasteiger partial charge in [0.15, 0.2) is 0 Å². The van der Waals surface area contributed by atoms with Gasteiger partial charge in [0.1, 0.15) is 0 Å². The molecule has 0 aromatic heterocycles. The van der Waals surface area contributed by atoms with Crippen LogP contribution in [0.2, 0.25) is 5.02 Å². The Labute approximate surface area is 136 Å². The summed E-state index contributed by atoms with van der Waals surface area (Å²) in [5, 5.41) is 0.425. The van der Waals surface area contributed by atoms with Crippen LogP contribution in [0.25, 0.3) is 0 Å². The molecule has 0 atom stereocenters. The van der Waals surface area contributed by atoms with Crippen molar-refractivity contribution < 1.29 is 13.2 Å². The molecule has 2 aromatic rings. The molecule has 0 saturated carbocycles. The van der Waals surface area contributed by atoms with E-state index in [1.165, 1.54) is 24.3 Å². The van der Waals surface area contributed by atoms with Crippen LogP contribution in [0, 0.1) is 0 Å². The van der Waals surface area contributed by atoms with Crippen LogP contribution in [-0.4, -0.2) is 14.3 Å². The molecule has 2 aromatic carbocycles. The molecule has 1 N–H and O–H groups in total. The number of carbonyl (C=O) groups excluding carboxylic acids is 1. The summed E-state index contributed by atoms with van der Waals surface area (Å²) in [6, 6.07) is 12.7. The highest BCUT2D eigenvalue weighted by Gasteiger charge is 2.17. The number of carbonyl (C=O) groups is 1. The van der Waals surface area contributed by atoms with Crippen molar-refractivity contribution in [1.82, 2.24) is 4.72 Å². The quantitative estimate of drug-likeness (QED) is 0.875. The molecule has 4 nitrogen and oxygen atoms in total. The number of nitrogens with one attached hydrogen (secondary N) is 1. The van der Waals surface area contributed by atoms with Crippen LogP contribution in [0.1, 0.15) is 5.56 Å². The van der Waals surface area contributed by atoms with Gasteiger partial charge in [0, 0.05) is 9.50 Å². The fourth-order valence-electron chi connectivity index (χ4n) is 1.69. The van der Waals surface area contributed by atoms with E-state index in [4.69, 9.17) is 11.6 Å². The highest BCUT2D eigenvalue weighted by molar-refractivity contribution is 9.10. The average Bonchev–Trinajstić information content (AvgIpc) is 2.38. The van der Waals surface area contributed by atoms with Crippen LogP contribution in [0.15, 0.2) is 57.9 Å². The summed E-state index contributed by atoms with van der Waals surface area (Å²) in [6.45, 7) is 0. The first-order valence-corrected chi connectivity index (χ1v) is 8.58. The molecule has 0 radical (unpaired) electrons. The lowest BCUT2D eigenvalue weighted by Gasteiger charge is -2.07. The number of amides is 1. The van der Waals surface area contributed by atoms with E-state index in [0.29, 0.717) is 10.6 Å². The van der Waals surface area contributed by atoms with Gasteiger partial charge in [-0.2, -0.15) is 0 Å². The zero-order chi connectivity index (χ0) is 15.5. The third kappa shape index (κ3) is 4.56. The normalized spacial score (nSPS) is 11.1. The summed E-state index contributed by atoms with van der Waals surface area (Å²) in [4.78, 5) is 11.8. The first kappa shape index (κ1) is 16.0. The molecular formula is C14H11BrClNO3S. The highest BCUT2D eigenvalue weighted by atomic mass is 79.9. The second-order valence-electron chi connectivity index (χ2n) is 4.29. The average molecular weight is 389 g/mol. The number of rotatable bonds is 4. The molecule has 0 unspecified atom stereocenters. The summed E-state index contributed by atoms with van der Waals surface area (Å²) in [5.41, 5.74) is 0.716. The SMILES string of the molecule is O=C(Cc1cccc(Br)c1)NS(=O)(=O)c1ccc(Cl)cc1. The molecule has 2 rings (SSSR count). The molecule has 0 aliphatic heterocycles. The Morgan fingerprint density at radius 3 is 2.43 bits per heavy atom. The topological polar surface area (TPSA) is 63.2 Å². The van der Waals surface area contributed by atoms with Crippen LogP contribution in [0.4, 0.5) is 0 Å². The molecule has 0 aliphatic rings. The predicted octanol–water partition coefficient (Wildman–Crippen LogP) is 3.15. The fourth-order valence-corrected chi connectivity index (χ4v) is 3.25. The lowest BCUT2D eigenvalue weighted by Crippen LogP contribution is -2.31. The standard InChI is InChI=1S/C14H11BrClNO3S/c15-11-3-1-2-10(8-11)9-14(18)17-21(19,20)13-6-4-12(16)5-7-13/h1-8H,9H2,(H,17,18). The van der Waals surface area contributed by atoms with E-state index >= 15 is 0 Å². The van der Waals surface area contributed by atoms with E-state index in [-0.39, 0.29) is 11.3 Å². The van der Waals surface area contributed by atoms with Crippen LogP contribution < -0.4 is 4.72 Å². The molecule has 0 spiro atoms. The van der Waals surface area contributed by atoms with Gasteiger partial charge >= 0.3 is 0 Å². The Balaban J connectivity index is 2.09. The highest BCUT2D eigenvalue weighted by Crippen LogP contribution is 2.15. The van der Waals surface area contributed by atoms with E-state index < -0.39 is 15.9 Å². The molecule has 0 fully saturated rings. The van der Waals surface area contributed by atoms with Gasteiger partial charge in [-0.1, -0.05) is 39.7 Å². The van der Waals surface area contributed by atoms with Crippen molar-refractivity contribution in [3.63, 3.8) is 0 Å². The Hall–Kier alpha value is -1.37. The smallest absolute Gasteiger partial charge is 0.264 e. The van der Waals surface area contributed by atoms with Crippen molar-refractivity contribution >= 4 is 43.5 Å². The molecule has 0 saturated heterocycles. The van der Waals surface area contributed by atoms with Crippen molar-refractivity contribution in [1.29, 1.82) is 0 Å². The number of hydrogen-bond donors (Lipinski definition) is 1. The molecule has 0 heterocycles. The van der Waals surface area contributed by atoms with Crippen molar-refractivity contribution in [3.05, 3.63) is 63.6 Å². The first-order chi connectivity index (χ1) is 9.87. The number of hydrogen-bond acceptors (Lipinski definition) is 3. The van der Waals surface area contributed by atoms with E-state index in [2.05, 4.69) is 15.9 Å². The van der Waals surface area contributed by atoms with E-state index in [9.17, 15) is 13.2 Å². The summed E-state index contributed by atoms with van der Waals surface area (Å²) >= 11 is 9.00. The summed E-state index contributed by atoms with van der Waals surface area (Å²) in [7, 11) is -3.88. The van der Waals surface area contributed by atoms with Crippen LogP contribution in [0.5, 0.6) is 0 Å². The molecule has 7 heteroatoms.